The number of thiazole rings is 1. The Bertz CT molecular complexity index is 968. The number of nitrogens with one attached hydrogen (secondary N) is 1. The van der Waals surface area contributed by atoms with E-state index in [4.69, 9.17) is 0 Å². The Balaban J connectivity index is 2.07. The summed E-state index contributed by atoms with van der Waals surface area (Å²) in [6, 6.07) is 5.51. The summed E-state index contributed by atoms with van der Waals surface area (Å²) in [5, 5.41) is 7.74. The molecule has 0 saturated heterocycles. The monoisotopic (exact) mass is 328 g/mol. The SMILES string of the molecule is Cc1ccc2c(c1)c(=O)c(C(=O)Nc1nc(C)c(C)s1)nn2C. The first-order chi connectivity index (χ1) is 10.9. The molecule has 3 rings (SSSR count). The normalized spacial score (nSPS) is 11.0. The van der Waals surface area contributed by atoms with Crippen molar-refractivity contribution in [2.45, 2.75) is 20.8 Å². The molecule has 6 nitrogen and oxygen atoms in total. The second-order valence-corrected chi connectivity index (χ2v) is 6.64. The Hall–Kier alpha value is -2.54. The van der Waals surface area contributed by atoms with Gasteiger partial charge in [0, 0.05) is 11.9 Å². The average Bonchev–Trinajstić information content (AvgIpc) is 2.80. The lowest BCUT2D eigenvalue weighted by Gasteiger charge is -2.08. The van der Waals surface area contributed by atoms with Gasteiger partial charge >= 0.3 is 0 Å². The Morgan fingerprint density at radius 1 is 1.26 bits per heavy atom. The minimum atomic E-state index is -0.539. The van der Waals surface area contributed by atoms with Gasteiger partial charge in [0.15, 0.2) is 10.8 Å². The minimum absolute atomic E-state index is 0.129. The molecule has 0 aliphatic rings. The van der Waals surface area contributed by atoms with Crippen molar-refractivity contribution in [1.29, 1.82) is 0 Å². The second kappa shape index (κ2) is 5.58. The lowest BCUT2D eigenvalue weighted by Crippen LogP contribution is -2.26. The van der Waals surface area contributed by atoms with Crippen LogP contribution in [-0.4, -0.2) is 20.7 Å². The first kappa shape index (κ1) is 15.4. The quantitative estimate of drug-likeness (QED) is 0.784. The van der Waals surface area contributed by atoms with Gasteiger partial charge in [0.05, 0.1) is 16.6 Å². The summed E-state index contributed by atoms with van der Waals surface area (Å²) in [5.74, 6) is -0.539. The number of hydrogen-bond donors (Lipinski definition) is 1. The van der Waals surface area contributed by atoms with Gasteiger partial charge in [-0.25, -0.2) is 4.98 Å². The number of aromatic nitrogens is 3. The van der Waals surface area contributed by atoms with Crippen molar-refractivity contribution < 1.29 is 4.79 Å². The fourth-order valence-corrected chi connectivity index (χ4v) is 3.13. The van der Waals surface area contributed by atoms with Crippen molar-refractivity contribution in [3.63, 3.8) is 0 Å². The molecule has 1 aromatic carbocycles. The fourth-order valence-electron chi connectivity index (χ4n) is 2.32. The molecule has 3 aromatic rings. The van der Waals surface area contributed by atoms with E-state index in [9.17, 15) is 9.59 Å². The first-order valence-corrected chi connectivity index (χ1v) is 7.91. The van der Waals surface area contributed by atoms with Crippen molar-refractivity contribution in [2.75, 3.05) is 5.32 Å². The summed E-state index contributed by atoms with van der Waals surface area (Å²) >= 11 is 1.37. The molecule has 2 aromatic heterocycles. The van der Waals surface area contributed by atoms with Crippen LogP contribution in [0.4, 0.5) is 5.13 Å². The number of carbonyl (C=O) groups excluding carboxylic acids is 1. The van der Waals surface area contributed by atoms with Crippen molar-refractivity contribution in [1.82, 2.24) is 14.8 Å². The molecule has 0 unspecified atom stereocenters. The molecule has 0 radical (unpaired) electrons. The van der Waals surface area contributed by atoms with Gasteiger partial charge in [0.1, 0.15) is 0 Å². The molecule has 0 spiro atoms. The van der Waals surface area contributed by atoms with E-state index in [1.807, 2.05) is 32.9 Å². The van der Waals surface area contributed by atoms with E-state index in [2.05, 4.69) is 15.4 Å². The summed E-state index contributed by atoms with van der Waals surface area (Å²) in [5.41, 5.74) is 2.01. The Labute approximate surface area is 136 Å². The molecule has 0 aliphatic heterocycles. The molecule has 118 valence electrons. The van der Waals surface area contributed by atoms with Gasteiger partial charge in [0.25, 0.3) is 5.91 Å². The van der Waals surface area contributed by atoms with Crippen LogP contribution >= 0.6 is 11.3 Å². The van der Waals surface area contributed by atoms with E-state index in [0.29, 0.717) is 16.0 Å². The summed E-state index contributed by atoms with van der Waals surface area (Å²) in [6.45, 7) is 5.70. The number of aryl methyl sites for hydroxylation is 4. The van der Waals surface area contributed by atoms with Crippen LogP contribution in [0.3, 0.4) is 0 Å². The molecule has 2 heterocycles. The predicted molar refractivity (Wildman–Crippen MR) is 91.3 cm³/mol. The lowest BCUT2D eigenvalue weighted by atomic mass is 10.1. The summed E-state index contributed by atoms with van der Waals surface area (Å²) < 4.78 is 1.55. The van der Waals surface area contributed by atoms with Crippen molar-refractivity contribution in [3.05, 3.63) is 50.3 Å². The molecule has 0 bridgehead atoms. The van der Waals surface area contributed by atoms with Gasteiger partial charge in [0.2, 0.25) is 5.43 Å². The maximum atomic E-state index is 12.6. The number of carbonyl (C=O) groups is 1. The van der Waals surface area contributed by atoms with Crippen molar-refractivity contribution in [2.24, 2.45) is 7.05 Å². The Morgan fingerprint density at radius 2 is 2.00 bits per heavy atom. The van der Waals surface area contributed by atoms with Crippen LogP contribution < -0.4 is 10.7 Å². The summed E-state index contributed by atoms with van der Waals surface area (Å²) in [4.78, 5) is 30.3. The number of fused-ring (bicyclic) bond motifs is 1. The van der Waals surface area contributed by atoms with Gasteiger partial charge < -0.3 is 0 Å². The highest BCUT2D eigenvalue weighted by Crippen LogP contribution is 2.21. The third-order valence-corrected chi connectivity index (χ3v) is 4.66. The fraction of sp³-hybridized carbons (Fsp3) is 0.250. The van der Waals surface area contributed by atoms with Crippen LogP contribution in [0, 0.1) is 20.8 Å². The Kier molecular flexibility index (Phi) is 3.73. The standard InChI is InChI=1S/C16H16N4O2S/c1-8-5-6-12-11(7-8)14(21)13(19-20(12)4)15(22)18-16-17-9(2)10(3)23-16/h5-7H,1-4H3,(H,17,18,22). The van der Waals surface area contributed by atoms with E-state index < -0.39 is 5.91 Å². The lowest BCUT2D eigenvalue weighted by molar-refractivity contribution is 0.101. The van der Waals surface area contributed by atoms with Crippen LogP contribution in [0.5, 0.6) is 0 Å². The number of amides is 1. The largest absolute Gasteiger partial charge is 0.296 e. The van der Waals surface area contributed by atoms with Crippen LogP contribution in [0.15, 0.2) is 23.0 Å². The topological polar surface area (TPSA) is 76.9 Å². The third kappa shape index (κ3) is 2.75. The van der Waals surface area contributed by atoms with E-state index in [-0.39, 0.29) is 11.1 Å². The Morgan fingerprint density at radius 3 is 2.65 bits per heavy atom. The number of anilines is 1. The van der Waals surface area contributed by atoms with Crippen molar-refractivity contribution in [3.8, 4) is 0 Å². The molecule has 23 heavy (non-hydrogen) atoms. The maximum Gasteiger partial charge on any atom is 0.281 e. The number of nitrogens with zero attached hydrogens (tertiary/aromatic N) is 3. The first-order valence-electron chi connectivity index (χ1n) is 7.10. The average molecular weight is 328 g/mol. The van der Waals surface area contributed by atoms with Gasteiger partial charge in [-0.05, 0) is 32.9 Å². The summed E-state index contributed by atoms with van der Waals surface area (Å²) in [6.07, 6.45) is 0. The molecule has 7 heteroatoms. The molecular weight excluding hydrogens is 312 g/mol. The van der Waals surface area contributed by atoms with E-state index in [1.54, 1.807) is 17.8 Å². The zero-order valence-corrected chi connectivity index (χ0v) is 14.1. The van der Waals surface area contributed by atoms with Crippen LogP contribution in [0.25, 0.3) is 10.9 Å². The minimum Gasteiger partial charge on any atom is -0.296 e. The molecule has 1 N–H and O–H groups in total. The second-order valence-electron chi connectivity index (χ2n) is 5.44. The molecule has 0 atom stereocenters. The smallest absolute Gasteiger partial charge is 0.281 e. The third-order valence-electron chi connectivity index (χ3n) is 3.67. The molecule has 0 saturated carbocycles. The summed E-state index contributed by atoms with van der Waals surface area (Å²) in [7, 11) is 1.71. The zero-order chi connectivity index (χ0) is 16.7. The highest BCUT2D eigenvalue weighted by Gasteiger charge is 2.18. The number of rotatable bonds is 2. The molecular formula is C16H16N4O2S. The predicted octanol–water partition coefficient (Wildman–Crippen LogP) is 2.57. The van der Waals surface area contributed by atoms with Gasteiger partial charge in [-0.2, -0.15) is 5.10 Å². The van der Waals surface area contributed by atoms with Crippen LogP contribution in [0.2, 0.25) is 0 Å². The molecule has 0 fully saturated rings. The zero-order valence-electron chi connectivity index (χ0n) is 13.3. The van der Waals surface area contributed by atoms with Crippen molar-refractivity contribution >= 4 is 33.3 Å². The molecule has 1 amide bonds. The van der Waals surface area contributed by atoms with Crippen LogP contribution in [-0.2, 0) is 7.05 Å². The van der Waals surface area contributed by atoms with E-state index in [0.717, 1.165) is 16.1 Å². The van der Waals surface area contributed by atoms with E-state index in [1.165, 1.54) is 11.3 Å². The van der Waals surface area contributed by atoms with E-state index >= 15 is 0 Å². The highest BCUT2D eigenvalue weighted by atomic mass is 32.1. The number of hydrogen-bond acceptors (Lipinski definition) is 5. The van der Waals surface area contributed by atoms with Gasteiger partial charge in [-0.15, -0.1) is 11.3 Å². The van der Waals surface area contributed by atoms with Gasteiger partial charge in [-0.1, -0.05) is 11.6 Å². The highest BCUT2D eigenvalue weighted by molar-refractivity contribution is 7.15. The maximum absolute atomic E-state index is 12.6. The van der Waals surface area contributed by atoms with Crippen LogP contribution in [0.1, 0.15) is 26.6 Å². The van der Waals surface area contributed by atoms with Gasteiger partial charge in [-0.3, -0.25) is 19.6 Å². The molecule has 0 aliphatic carbocycles. The number of benzene rings is 1.